The summed E-state index contributed by atoms with van der Waals surface area (Å²) in [7, 11) is -3.67. The van der Waals surface area contributed by atoms with Gasteiger partial charge in [-0.15, -0.1) is 0 Å². The minimum Gasteiger partial charge on any atom is -0.345 e. The number of nitrogens with one attached hydrogen (secondary N) is 2. The van der Waals surface area contributed by atoms with Crippen LogP contribution in [0.25, 0.3) is 11.3 Å². The van der Waals surface area contributed by atoms with Crippen LogP contribution in [0.4, 0.5) is 5.69 Å². The molecule has 1 aromatic heterocycles. The molecule has 5 nitrogen and oxygen atoms in total. The van der Waals surface area contributed by atoms with Gasteiger partial charge in [-0.3, -0.25) is 4.72 Å². The summed E-state index contributed by atoms with van der Waals surface area (Å²) in [5.74, 6) is 0. The van der Waals surface area contributed by atoms with E-state index in [4.69, 9.17) is 11.6 Å². The van der Waals surface area contributed by atoms with Crippen LogP contribution in [0.1, 0.15) is 5.56 Å². The van der Waals surface area contributed by atoms with Crippen molar-refractivity contribution in [2.75, 3.05) is 4.72 Å². The van der Waals surface area contributed by atoms with E-state index in [0.29, 0.717) is 10.7 Å². The smallest absolute Gasteiger partial charge is 0.261 e. The molecule has 0 bridgehead atoms. The van der Waals surface area contributed by atoms with Crippen LogP contribution in [-0.2, 0) is 10.0 Å². The number of hydrogen-bond acceptors (Lipinski definition) is 3. The first-order valence-corrected chi connectivity index (χ1v) is 8.69. The van der Waals surface area contributed by atoms with Gasteiger partial charge in [-0.2, -0.15) is 0 Å². The highest BCUT2D eigenvalue weighted by Crippen LogP contribution is 2.24. The summed E-state index contributed by atoms with van der Waals surface area (Å²) >= 11 is 6.00. The van der Waals surface area contributed by atoms with Gasteiger partial charge < -0.3 is 4.98 Å². The number of aromatic nitrogens is 2. The fourth-order valence-electron chi connectivity index (χ4n) is 2.09. The number of aryl methyl sites for hydroxylation is 1. The Labute approximate surface area is 139 Å². The van der Waals surface area contributed by atoms with Crippen LogP contribution >= 0.6 is 11.6 Å². The largest absolute Gasteiger partial charge is 0.345 e. The molecule has 3 aromatic rings. The van der Waals surface area contributed by atoms with Gasteiger partial charge in [-0.05, 0) is 42.3 Å². The van der Waals surface area contributed by atoms with Crippen molar-refractivity contribution in [3.8, 4) is 11.3 Å². The molecule has 7 heteroatoms. The number of H-pyrrole nitrogens is 1. The zero-order chi connectivity index (χ0) is 16.4. The summed E-state index contributed by atoms with van der Waals surface area (Å²) in [5, 5.41) is 0.419. The number of anilines is 1. The normalized spacial score (nSPS) is 11.4. The topological polar surface area (TPSA) is 74.8 Å². The van der Waals surface area contributed by atoms with Crippen LogP contribution in [0.15, 0.2) is 59.9 Å². The molecule has 0 aliphatic carbocycles. The molecule has 0 aliphatic rings. The Balaban J connectivity index is 1.84. The van der Waals surface area contributed by atoms with E-state index in [9.17, 15) is 8.42 Å². The lowest BCUT2D eigenvalue weighted by Gasteiger charge is -2.09. The maximum atomic E-state index is 12.4. The van der Waals surface area contributed by atoms with E-state index in [0.717, 1.165) is 16.8 Å². The zero-order valence-corrected chi connectivity index (χ0v) is 13.8. The summed E-state index contributed by atoms with van der Waals surface area (Å²) < 4.78 is 27.3. The number of aromatic amines is 1. The molecule has 118 valence electrons. The van der Waals surface area contributed by atoms with Crippen molar-refractivity contribution in [1.82, 2.24) is 9.97 Å². The van der Waals surface area contributed by atoms with Gasteiger partial charge >= 0.3 is 0 Å². The Morgan fingerprint density at radius 2 is 1.87 bits per heavy atom. The van der Waals surface area contributed by atoms with E-state index < -0.39 is 10.0 Å². The number of imidazole rings is 1. The van der Waals surface area contributed by atoms with Gasteiger partial charge in [-0.25, -0.2) is 13.4 Å². The molecule has 0 unspecified atom stereocenters. The lowest BCUT2D eigenvalue weighted by Crippen LogP contribution is -2.12. The molecule has 23 heavy (non-hydrogen) atoms. The summed E-state index contributed by atoms with van der Waals surface area (Å²) in [5.41, 5.74) is 3.09. The predicted molar refractivity (Wildman–Crippen MR) is 91.0 cm³/mol. The van der Waals surface area contributed by atoms with E-state index in [-0.39, 0.29) is 4.90 Å². The second-order valence-corrected chi connectivity index (χ2v) is 7.15. The molecule has 0 atom stereocenters. The van der Waals surface area contributed by atoms with Crippen molar-refractivity contribution in [2.45, 2.75) is 11.8 Å². The third-order valence-corrected chi connectivity index (χ3v) is 5.19. The van der Waals surface area contributed by atoms with Gasteiger partial charge in [0.1, 0.15) is 0 Å². The number of hydrogen-bond donors (Lipinski definition) is 2. The standard InChI is InChI=1S/C16H14ClN3O2S/c1-11-2-7-14(8-15(11)17)23(21,22)20-13-5-3-12(4-6-13)16-9-18-10-19-16/h2-10,20H,1H3,(H,18,19). The molecule has 3 rings (SSSR count). The molecule has 1 heterocycles. The Kier molecular flexibility index (Phi) is 4.11. The van der Waals surface area contributed by atoms with Crippen molar-refractivity contribution >= 4 is 27.3 Å². The van der Waals surface area contributed by atoms with Crippen LogP contribution in [0.3, 0.4) is 0 Å². The molecular formula is C16H14ClN3O2S. The fourth-order valence-corrected chi connectivity index (χ4v) is 3.42. The molecule has 0 saturated carbocycles. The maximum Gasteiger partial charge on any atom is 0.261 e. The summed E-state index contributed by atoms with van der Waals surface area (Å²) in [6.45, 7) is 1.82. The fraction of sp³-hybridized carbons (Fsp3) is 0.0625. The Morgan fingerprint density at radius 1 is 1.13 bits per heavy atom. The van der Waals surface area contributed by atoms with Crippen molar-refractivity contribution in [1.29, 1.82) is 0 Å². The highest BCUT2D eigenvalue weighted by atomic mass is 35.5. The molecule has 0 amide bonds. The Morgan fingerprint density at radius 3 is 2.48 bits per heavy atom. The third-order valence-electron chi connectivity index (χ3n) is 3.40. The van der Waals surface area contributed by atoms with Crippen LogP contribution in [0, 0.1) is 6.92 Å². The SMILES string of the molecule is Cc1ccc(S(=O)(=O)Nc2ccc(-c3cnc[nH]3)cc2)cc1Cl. The summed E-state index contributed by atoms with van der Waals surface area (Å²) in [6.07, 6.45) is 3.29. The van der Waals surface area contributed by atoms with Gasteiger partial charge in [0.2, 0.25) is 0 Å². The number of nitrogens with zero attached hydrogens (tertiary/aromatic N) is 1. The van der Waals surface area contributed by atoms with Crippen LogP contribution in [0.5, 0.6) is 0 Å². The summed E-state index contributed by atoms with van der Waals surface area (Å²) in [4.78, 5) is 7.08. The number of benzene rings is 2. The molecule has 0 aliphatic heterocycles. The number of halogens is 1. The van der Waals surface area contributed by atoms with Gasteiger partial charge in [0.25, 0.3) is 10.0 Å². The van der Waals surface area contributed by atoms with Crippen LogP contribution in [0.2, 0.25) is 5.02 Å². The lowest BCUT2D eigenvalue weighted by molar-refractivity contribution is 0.601. The predicted octanol–water partition coefficient (Wildman–Crippen LogP) is 3.84. The zero-order valence-electron chi connectivity index (χ0n) is 12.2. The average molecular weight is 348 g/mol. The second-order valence-electron chi connectivity index (χ2n) is 5.06. The first kappa shape index (κ1) is 15.6. The quantitative estimate of drug-likeness (QED) is 0.753. The van der Waals surface area contributed by atoms with E-state index >= 15 is 0 Å². The van der Waals surface area contributed by atoms with Crippen LogP contribution in [-0.4, -0.2) is 18.4 Å². The minimum atomic E-state index is -3.67. The third kappa shape index (κ3) is 3.38. The van der Waals surface area contributed by atoms with Gasteiger partial charge in [0, 0.05) is 10.7 Å². The minimum absolute atomic E-state index is 0.130. The average Bonchev–Trinajstić information content (AvgIpc) is 3.04. The number of sulfonamides is 1. The molecular weight excluding hydrogens is 334 g/mol. The molecule has 2 N–H and O–H groups in total. The highest BCUT2D eigenvalue weighted by molar-refractivity contribution is 7.92. The van der Waals surface area contributed by atoms with Crippen LogP contribution < -0.4 is 4.72 Å². The summed E-state index contributed by atoms with van der Waals surface area (Å²) in [6, 6.07) is 11.7. The number of rotatable bonds is 4. The van der Waals surface area contributed by atoms with Gasteiger partial charge in [-0.1, -0.05) is 29.8 Å². The first-order chi connectivity index (χ1) is 11.0. The van der Waals surface area contributed by atoms with Gasteiger partial charge in [0.05, 0.1) is 23.1 Å². The van der Waals surface area contributed by atoms with Crippen molar-refractivity contribution in [3.05, 3.63) is 65.6 Å². The lowest BCUT2D eigenvalue weighted by atomic mass is 10.1. The molecule has 0 fully saturated rings. The molecule has 0 spiro atoms. The molecule has 2 aromatic carbocycles. The Hall–Kier alpha value is -2.31. The second kappa shape index (κ2) is 6.06. The molecule has 0 radical (unpaired) electrons. The highest BCUT2D eigenvalue weighted by Gasteiger charge is 2.15. The van der Waals surface area contributed by atoms with Crippen molar-refractivity contribution in [3.63, 3.8) is 0 Å². The molecule has 0 saturated heterocycles. The Bertz CT molecular complexity index is 920. The van der Waals surface area contributed by atoms with E-state index in [1.165, 1.54) is 12.1 Å². The van der Waals surface area contributed by atoms with E-state index in [1.54, 1.807) is 30.7 Å². The van der Waals surface area contributed by atoms with E-state index in [1.807, 2.05) is 19.1 Å². The monoisotopic (exact) mass is 347 g/mol. The van der Waals surface area contributed by atoms with E-state index in [2.05, 4.69) is 14.7 Å². The maximum absolute atomic E-state index is 12.4. The van der Waals surface area contributed by atoms with Crippen molar-refractivity contribution in [2.24, 2.45) is 0 Å². The first-order valence-electron chi connectivity index (χ1n) is 6.83. The van der Waals surface area contributed by atoms with Gasteiger partial charge in [0.15, 0.2) is 0 Å². The van der Waals surface area contributed by atoms with Crippen molar-refractivity contribution < 1.29 is 8.42 Å².